The quantitative estimate of drug-likeness (QED) is 0.410. The monoisotopic (exact) mass is 439 g/mol. The Balaban J connectivity index is 1.35. The molecule has 1 aliphatic rings. The van der Waals surface area contributed by atoms with Crippen LogP contribution < -0.4 is 10.6 Å². The van der Waals surface area contributed by atoms with Crippen molar-refractivity contribution in [3.8, 4) is 11.3 Å². The van der Waals surface area contributed by atoms with Crippen LogP contribution in [0.5, 0.6) is 0 Å². The van der Waals surface area contributed by atoms with Gasteiger partial charge in [0.15, 0.2) is 11.6 Å². The molecule has 0 radical (unpaired) electrons. The maximum Gasteiger partial charge on any atom is 0.278 e. The number of carbonyl (C=O) groups is 1. The SMILES string of the molecule is BC(B)(B)n1cc(-c2ccc3cnc(NC(=O)c4coc(C5CCNCC5)n4)cc3n2)cn1. The van der Waals surface area contributed by atoms with Crippen LogP contribution in [-0.4, -0.2) is 67.3 Å². The first kappa shape index (κ1) is 21.5. The predicted molar refractivity (Wildman–Crippen MR) is 134 cm³/mol. The van der Waals surface area contributed by atoms with E-state index in [9.17, 15) is 4.79 Å². The van der Waals surface area contributed by atoms with Gasteiger partial charge in [0.25, 0.3) is 5.91 Å². The highest BCUT2D eigenvalue weighted by atomic mass is 16.3. The molecule has 5 rings (SSSR count). The van der Waals surface area contributed by atoms with Gasteiger partial charge in [-0.25, -0.2) is 15.0 Å². The van der Waals surface area contributed by atoms with Gasteiger partial charge in [0, 0.05) is 35.3 Å². The van der Waals surface area contributed by atoms with E-state index in [0.29, 0.717) is 11.7 Å². The number of anilines is 1. The molecule has 2 N–H and O–H groups in total. The summed E-state index contributed by atoms with van der Waals surface area (Å²) in [5.74, 6) is 0.925. The third-order valence-corrected chi connectivity index (χ3v) is 5.82. The summed E-state index contributed by atoms with van der Waals surface area (Å²) in [5, 5.41) is 11.4. The lowest BCUT2D eigenvalue weighted by Crippen LogP contribution is -2.35. The molecule has 0 atom stereocenters. The zero-order valence-corrected chi connectivity index (χ0v) is 19.0. The normalized spacial score (nSPS) is 15.0. The average Bonchev–Trinajstić information content (AvgIpc) is 3.49. The van der Waals surface area contributed by atoms with Gasteiger partial charge in [-0.05, 0) is 43.3 Å². The Kier molecular flexibility index (Phi) is 5.53. The molecule has 0 aliphatic carbocycles. The molecule has 33 heavy (non-hydrogen) atoms. The number of pyridine rings is 2. The number of carbonyl (C=O) groups excluding carboxylic acids is 1. The molecule has 12 heteroatoms. The summed E-state index contributed by atoms with van der Waals surface area (Å²) in [6.45, 7) is 1.86. The highest BCUT2D eigenvalue weighted by molar-refractivity contribution is 6.56. The number of rotatable bonds is 5. The molecule has 9 nitrogen and oxygen atoms in total. The van der Waals surface area contributed by atoms with Gasteiger partial charge in [-0.1, -0.05) is 0 Å². The molecule has 0 saturated carbocycles. The lowest BCUT2D eigenvalue weighted by Gasteiger charge is -2.19. The Labute approximate surface area is 194 Å². The van der Waals surface area contributed by atoms with Crippen molar-refractivity contribution < 1.29 is 9.21 Å². The number of amides is 1. The first-order valence-electron chi connectivity index (χ1n) is 11.2. The minimum absolute atomic E-state index is 0.106. The molecule has 4 aromatic rings. The van der Waals surface area contributed by atoms with Crippen LogP contribution in [-0.2, 0) is 5.24 Å². The van der Waals surface area contributed by atoms with E-state index in [0.717, 1.165) is 48.1 Å². The molecule has 4 aromatic heterocycles. The fourth-order valence-corrected chi connectivity index (χ4v) is 3.90. The predicted octanol–water partition coefficient (Wildman–Crippen LogP) is -0.332. The third kappa shape index (κ3) is 4.56. The Bertz CT molecular complexity index is 1310. The van der Waals surface area contributed by atoms with Gasteiger partial charge in [-0.15, -0.1) is 0 Å². The molecule has 0 bridgehead atoms. The number of hydrogen-bond acceptors (Lipinski definition) is 7. The summed E-state index contributed by atoms with van der Waals surface area (Å²) in [4.78, 5) is 26.2. The third-order valence-electron chi connectivity index (χ3n) is 5.82. The van der Waals surface area contributed by atoms with Crippen molar-refractivity contribution in [2.75, 3.05) is 18.4 Å². The second-order valence-corrected chi connectivity index (χ2v) is 9.35. The molecule has 0 unspecified atom stereocenters. The van der Waals surface area contributed by atoms with E-state index in [1.165, 1.54) is 6.26 Å². The summed E-state index contributed by atoms with van der Waals surface area (Å²) >= 11 is 0. The topological polar surface area (TPSA) is 111 Å². The van der Waals surface area contributed by atoms with Crippen molar-refractivity contribution in [2.45, 2.75) is 24.0 Å². The second-order valence-electron chi connectivity index (χ2n) is 9.35. The minimum atomic E-state index is -0.353. The largest absolute Gasteiger partial charge is 0.448 e. The van der Waals surface area contributed by atoms with Crippen molar-refractivity contribution in [1.29, 1.82) is 0 Å². The maximum absolute atomic E-state index is 12.7. The van der Waals surface area contributed by atoms with Gasteiger partial charge >= 0.3 is 0 Å². The van der Waals surface area contributed by atoms with E-state index >= 15 is 0 Å². The molecule has 0 spiro atoms. The Morgan fingerprint density at radius 3 is 2.76 bits per heavy atom. The van der Waals surface area contributed by atoms with Gasteiger partial charge in [0.2, 0.25) is 0 Å². The molecule has 1 fully saturated rings. The number of oxazole rings is 1. The molecule has 1 aliphatic heterocycles. The fourth-order valence-electron chi connectivity index (χ4n) is 3.90. The van der Waals surface area contributed by atoms with Gasteiger partial charge in [0.1, 0.15) is 35.6 Å². The number of hydrogen-bond donors (Lipinski definition) is 2. The Hall–Kier alpha value is -3.40. The summed E-state index contributed by atoms with van der Waals surface area (Å²) in [6.07, 6.45) is 8.82. The summed E-state index contributed by atoms with van der Waals surface area (Å²) in [5.41, 5.74) is 2.73. The highest BCUT2D eigenvalue weighted by Gasteiger charge is 2.22. The fraction of sp³-hybridized carbons (Fsp3) is 0.286. The smallest absolute Gasteiger partial charge is 0.278 e. The van der Waals surface area contributed by atoms with Crippen LogP contribution >= 0.6 is 0 Å². The number of piperidine rings is 1. The van der Waals surface area contributed by atoms with Crippen molar-refractivity contribution in [3.63, 3.8) is 0 Å². The number of nitrogens with zero attached hydrogens (tertiary/aromatic N) is 5. The lowest BCUT2D eigenvalue weighted by molar-refractivity contribution is 0.102. The zero-order valence-electron chi connectivity index (χ0n) is 19.0. The van der Waals surface area contributed by atoms with E-state index in [4.69, 9.17) is 9.40 Å². The maximum atomic E-state index is 12.7. The average molecular weight is 439 g/mol. The van der Waals surface area contributed by atoms with E-state index in [2.05, 4.69) is 49.2 Å². The van der Waals surface area contributed by atoms with Gasteiger partial charge in [0.05, 0.1) is 17.4 Å². The summed E-state index contributed by atoms with van der Waals surface area (Å²) < 4.78 is 7.50. The summed E-state index contributed by atoms with van der Waals surface area (Å²) in [7, 11) is 6.30. The summed E-state index contributed by atoms with van der Waals surface area (Å²) in [6, 6.07) is 5.68. The van der Waals surface area contributed by atoms with Crippen LogP contribution in [0.4, 0.5) is 5.82 Å². The molecule has 1 saturated heterocycles. The number of nitrogens with one attached hydrogen (secondary N) is 2. The van der Waals surface area contributed by atoms with Crippen LogP contribution in [0.2, 0.25) is 0 Å². The molecule has 0 aromatic carbocycles. The van der Waals surface area contributed by atoms with Crippen molar-refractivity contribution in [3.05, 3.63) is 54.6 Å². The number of aromatic nitrogens is 5. The van der Waals surface area contributed by atoms with Crippen molar-refractivity contribution in [1.82, 2.24) is 30.0 Å². The van der Waals surface area contributed by atoms with E-state index in [1.807, 2.05) is 29.2 Å². The van der Waals surface area contributed by atoms with E-state index in [1.54, 1.807) is 12.3 Å². The highest BCUT2D eigenvalue weighted by Crippen LogP contribution is 2.25. The molecular formula is C21H24B3N7O2. The Morgan fingerprint density at radius 1 is 1.18 bits per heavy atom. The molecule has 1 amide bonds. The minimum Gasteiger partial charge on any atom is -0.448 e. The van der Waals surface area contributed by atoms with Crippen LogP contribution in [0.25, 0.3) is 22.2 Å². The molecular weight excluding hydrogens is 415 g/mol. The van der Waals surface area contributed by atoms with Gasteiger partial charge in [-0.3, -0.25) is 9.48 Å². The first-order valence-corrected chi connectivity index (χ1v) is 11.2. The van der Waals surface area contributed by atoms with Crippen LogP contribution in [0, 0.1) is 0 Å². The van der Waals surface area contributed by atoms with Crippen molar-refractivity contribution in [2.24, 2.45) is 0 Å². The zero-order chi connectivity index (χ0) is 23.0. The number of fused-ring (bicyclic) bond motifs is 1. The van der Waals surface area contributed by atoms with Crippen LogP contribution in [0.1, 0.15) is 35.1 Å². The van der Waals surface area contributed by atoms with Gasteiger partial charge in [-0.2, -0.15) is 5.10 Å². The van der Waals surface area contributed by atoms with E-state index < -0.39 is 0 Å². The second kappa shape index (κ2) is 8.51. The molecule has 5 heterocycles. The van der Waals surface area contributed by atoms with Crippen LogP contribution in [0.15, 0.2) is 47.5 Å². The first-order chi connectivity index (χ1) is 15.9. The van der Waals surface area contributed by atoms with Gasteiger partial charge < -0.3 is 15.1 Å². The van der Waals surface area contributed by atoms with Crippen LogP contribution in [0.3, 0.4) is 0 Å². The van der Waals surface area contributed by atoms with Crippen molar-refractivity contribution >= 4 is 46.2 Å². The molecule has 164 valence electrons. The van der Waals surface area contributed by atoms with E-state index in [-0.39, 0.29) is 22.8 Å². The standard InChI is InChI=1S/C21H24B3N7O2/c22-21(23,24)31-10-14(9-27-31)15-2-1-13-8-26-18(7-16(13)28-15)30-19(32)17-11-33-20(29-17)12-3-5-25-6-4-12/h1-2,7-12,25H,3-6,22-24H2,(H,26,30,32). The lowest BCUT2D eigenvalue weighted by atomic mass is 9.49. The Morgan fingerprint density at radius 2 is 2.00 bits per heavy atom.